The van der Waals surface area contributed by atoms with Gasteiger partial charge in [-0.15, -0.1) is 0 Å². The number of rotatable bonds is 4. The van der Waals surface area contributed by atoms with Crippen LogP contribution in [-0.4, -0.2) is 11.3 Å². The lowest BCUT2D eigenvalue weighted by atomic mass is 10.1. The van der Waals surface area contributed by atoms with E-state index < -0.39 is 6.10 Å². The molecule has 1 atom stereocenters. The molecular weight excluding hydrogens is 422 g/mol. The zero-order valence-electron chi connectivity index (χ0n) is 12.3. The molecule has 3 aromatic rings. The van der Waals surface area contributed by atoms with Crippen LogP contribution in [0.3, 0.4) is 0 Å². The van der Waals surface area contributed by atoms with Crippen LogP contribution in [0.2, 0.25) is 0 Å². The van der Waals surface area contributed by atoms with E-state index in [9.17, 15) is 4.79 Å². The van der Waals surface area contributed by atoms with Crippen LogP contribution in [0.5, 0.6) is 5.75 Å². The van der Waals surface area contributed by atoms with Gasteiger partial charge >= 0.3 is 0 Å². The van der Waals surface area contributed by atoms with Gasteiger partial charge in [-0.3, -0.25) is 4.79 Å². The van der Waals surface area contributed by atoms with Crippen LogP contribution in [0.25, 0.3) is 10.9 Å². The first-order valence-electron chi connectivity index (χ1n) is 7.02. The van der Waals surface area contributed by atoms with Gasteiger partial charge in [-0.2, -0.15) is 0 Å². The largest absolute Gasteiger partial charge is 0.475 e. The summed E-state index contributed by atoms with van der Waals surface area (Å²) in [7, 11) is 0. The maximum Gasteiger partial charge on any atom is 0.179 e. The van der Waals surface area contributed by atoms with Gasteiger partial charge in [0, 0.05) is 15.6 Å². The third-order valence-corrected chi connectivity index (χ3v) is 4.72. The average molecular weight is 435 g/mol. The first-order valence-corrected chi connectivity index (χ1v) is 8.61. The monoisotopic (exact) mass is 433 g/mol. The highest BCUT2D eigenvalue weighted by Gasteiger charge is 2.18. The Kier molecular flexibility index (Phi) is 4.78. The standard InChI is InChI=1S/C18H13Br2NO2/c1-11-7-8-13-14(19)9-15(20)18(17(13)21-11)23-16(10-22)12-5-3-2-4-6-12/h2-10,16H,1H3. The normalized spacial score (nSPS) is 12.1. The molecule has 3 nitrogen and oxygen atoms in total. The summed E-state index contributed by atoms with van der Waals surface area (Å²) in [6.45, 7) is 1.92. The Morgan fingerprint density at radius 2 is 1.83 bits per heavy atom. The molecule has 0 saturated heterocycles. The van der Waals surface area contributed by atoms with Crippen molar-refractivity contribution in [1.29, 1.82) is 0 Å². The van der Waals surface area contributed by atoms with Gasteiger partial charge in [0.15, 0.2) is 18.1 Å². The van der Waals surface area contributed by atoms with Gasteiger partial charge in [0.05, 0.1) is 4.47 Å². The summed E-state index contributed by atoms with van der Waals surface area (Å²) >= 11 is 7.05. The molecule has 0 aliphatic rings. The van der Waals surface area contributed by atoms with Crippen molar-refractivity contribution >= 4 is 49.0 Å². The molecule has 116 valence electrons. The second-order valence-corrected chi connectivity index (χ2v) is 6.81. The van der Waals surface area contributed by atoms with Crippen molar-refractivity contribution in [3.8, 4) is 5.75 Å². The number of benzene rings is 2. The molecule has 0 bridgehead atoms. The zero-order chi connectivity index (χ0) is 16.4. The second kappa shape index (κ2) is 6.81. The number of ether oxygens (including phenoxy) is 1. The maximum absolute atomic E-state index is 11.5. The lowest BCUT2D eigenvalue weighted by Crippen LogP contribution is -2.10. The van der Waals surface area contributed by atoms with Gasteiger partial charge in [0.2, 0.25) is 0 Å². The number of carbonyl (C=O) groups is 1. The summed E-state index contributed by atoms with van der Waals surface area (Å²) in [5, 5.41) is 0.937. The number of aryl methyl sites for hydroxylation is 1. The molecular formula is C18H13Br2NO2. The fraction of sp³-hybridized carbons (Fsp3) is 0.111. The smallest absolute Gasteiger partial charge is 0.179 e. The number of aromatic nitrogens is 1. The van der Waals surface area contributed by atoms with Gasteiger partial charge in [-0.05, 0) is 46.6 Å². The van der Waals surface area contributed by atoms with Crippen LogP contribution in [0.1, 0.15) is 17.4 Å². The van der Waals surface area contributed by atoms with Gasteiger partial charge in [0.1, 0.15) is 5.52 Å². The summed E-state index contributed by atoms with van der Waals surface area (Å²) < 4.78 is 7.67. The minimum absolute atomic E-state index is 0.563. The SMILES string of the molecule is Cc1ccc2c(Br)cc(Br)c(OC(C=O)c3ccccc3)c2n1. The van der Waals surface area contributed by atoms with E-state index in [4.69, 9.17) is 4.74 Å². The zero-order valence-corrected chi connectivity index (χ0v) is 15.5. The summed E-state index contributed by atoms with van der Waals surface area (Å²) in [6.07, 6.45) is 0.116. The number of pyridine rings is 1. The first kappa shape index (κ1) is 16.1. The number of nitrogens with zero attached hydrogens (tertiary/aromatic N) is 1. The number of carbonyl (C=O) groups excluding carboxylic acids is 1. The Balaban J connectivity index is 2.12. The minimum Gasteiger partial charge on any atom is -0.475 e. The lowest BCUT2D eigenvalue weighted by molar-refractivity contribution is -0.113. The van der Waals surface area contributed by atoms with Crippen LogP contribution in [-0.2, 0) is 4.79 Å². The van der Waals surface area contributed by atoms with E-state index in [1.807, 2.05) is 55.5 Å². The van der Waals surface area contributed by atoms with Crippen molar-refractivity contribution in [2.75, 3.05) is 0 Å². The highest BCUT2D eigenvalue weighted by Crippen LogP contribution is 2.39. The molecule has 0 spiro atoms. The molecule has 1 aromatic heterocycles. The topological polar surface area (TPSA) is 39.2 Å². The fourth-order valence-corrected chi connectivity index (χ4v) is 3.71. The minimum atomic E-state index is -0.681. The molecule has 0 saturated carbocycles. The molecule has 1 heterocycles. The summed E-state index contributed by atoms with van der Waals surface area (Å²) in [5.74, 6) is 0.563. The number of aldehydes is 1. The number of fused-ring (bicyclic) bond motifs is 1. The molecule has 0 aliphatic carbocycles. The van der Waals surface area contributed by atoms with Crippen LogP contribution in [0.15, 0.2) is 57.5 Å². The van der Waals surface area contributed by atoms with Crippen LogP contribution >= 0.6 is 31.9 Å². The molecule has 23 heavy (non-hydrogen) atoms. The van der Waals surface area contributed by atoms with E-state index in [1.54, 1.807) is 0 Å². The molecule has 0 amide bonds. The lowest BCUT2D eigenvalue weighted by Gasteiger charge is -2.17. The number of halogens is 2. The number of hydrogen-bond donors (Lipinski definition) is 0. The molecule has 0 radical (unpaired) electrons. The summed E-state index contributed by atoms with van der Waals surface area (Å²) in [6, 6.07) is 15.2. The Morgan fingerprint density at radius 1 is 1.09 bits per heavy atom. The summed E-state index contributed by atoms with van der Waals surface area (Å²) in [5.41, 5.74) is 2.40. The van der Waals surface area contributed by atoms with Crippen LogP contribution < -0.4 is 4.74 Å². The van der Waals surface area contributed by atoms with Gasteiger partial charge in [-0.1, -0.05) is 46.3 Å². The van der Waals surface area contributed by atoms with Crippen molar-refractivity contribution in [1.82, 2.24) is 4.98 Å². The maximum atomic E-state index is 11.5. The molecule has 5 heteroatoms. The molecule has 0 fully saturated rings. The Hall–Kier alpha value is -1.72. The highest BCUT2D eigenvalue weighted by atomic mass is 79.9. The Morgan fingerprint density at radius 3 is 2.52 bits per heavy atom. The predicted octanol–water partition coefficient (Wildman–Crippen LogP) is 5.39. The third kappa shape index (κ3) is 3.31. The van der Waals surface area contributed by atoms with Gasteiger partial charge < -0.3 is 4.74 Å². The van der Waals surface area contributed by atoms with Crippen molar-refractivity contribution in [3.63, 3.8) is 0 Å². The average Bonchev–Trinajstić information content (AvgIpc) is 2.55. The first-order chi connectivity index (χ1) is 11.1. The second-order valence-electron chi connectivity index (χ2n) is 5.10. The molecule has 0 N–H and O–H groups in total. The van der Waals surface area contributed by atoms with Crippen molar-refractivity contribution in [3.05, 3.63) is 68.7 Å². The predicted molar refractivity (Wildman–Crippen MR) is 97.8 cm³/mol. The van der Waals surface area contributed by atoms with E-state index in [0.717, 1.165) is 31.9 Å². The fourth-order valence-electron chi connectivity index (χ4n) is 2.35. The number of hydrogen-bond acceptors (Lipinski definition) is 3. The molecule has 3 rings (SSSR count). The quantitative estimate of drug-likeness (QED) is 0.517. The van der Waals surface area contributed by atoms with E-state index in [-0.39, 0.29) is 0 Å². The molecule has 2 aromatic carbocycles. The Labute approximate surface area is 150 Å². The van der Waals surface area contributed by atoms with Gasteiger partial charge in [-0.25, -0.2) is 4.98 Å². The van der Waals surface area contributed by atoms with Crippen LogP contribution in [0.4, 0.5) is 0 Å². The van der Waals surface area contributed by atoms with Crippen LogP contribution in [0, 0.1) is 6.92 Å². The molecule has 0 aliphatic heterocycles. The Bertz CT molecular complexity index is 866. The van der Waals surface area contributed by atoms with Crippen molar-refractivity contribution in [2.24, 2.45) is 0 Å². The van der Waals surface area contributed by atoms with Gasteiger partial charge in [0.25, 0.3) is 0 Å². The van der Waals surface area contributed by atoms with Crippen molar-refractivity contribution < 1.29 is 9.53 Å². The highest BCUT2D eigenvalue weighted by molar-refractivity contribution is 9.11. The van der Waals surface area contributed by atoms with E-state index >= 15 is 0 Å². The van der Waals surface area contributed by atoms with Crippen molar-refractivity contribution in [2.45, 2.75) is 13.0 Å². The third-order valence-electron chi connectivity index (χ3n) is 3.47. The molecule has 1 unspecified atom stereocenters. The summed E-state index contributed by atoms with van der Waals surface area (Å²) in [4.78, 5) is 16.1. The van der Waals surface area contributed by atoms with E-state index in [2.05, 4.69) is 36.8 Å². The van der Waals surface area contributed by atoms with E-state index in [1.165, 1.54) is 0 Å². The van der Waals surface area contributed by atoms with E-state index in [0.29, 0.717) is 11.3 Å².